The van der Waals surface area contributed by atoms with Crippen LogP contribution in [0, 0.1) is 5.92 Å². The van der Waals surface area contributed by atoms with E-state index in [9.17, 15) is 9.59 Å². The van der Waals surface area contributed by atoms with Crippen molar-refractivity contribution in [2.75, 3.05) is 27.4 Å². The van der Waals surface area contributed by atoms with Gasteiger partial charge < -0.3 is 14.8 Å². The number of hydrogen-bond donors (Lipinski definition) is 1. The van der Waals surface area contributed by atoms with Crippen molar-refractivity contribution in [3.05, 3.63) is 23.8 Å². The van der Waals surface area contributed by atoms with Gasteiger partial charge in [0.05, 0.1) is 20.9 Å². The van der Waals surface area contributed by atoms with Crippen molar-refractivity contribution in [1.82, 2.24) is 15.1 Å². The Bertz CT molecular complexity index is 798. The van der Waals surface area contributed by atoms with Crippen LogP contribution in [0.15, 0.2) is 18.2 Å². The molecule has 1 saturated carbocycles. The van der Waals surface area contributed by atoms with Crippen LogP contribution >= 0.6 is 0 Å². The third-order valence-corrected chi connectivity index (χ3v) is 6.98. The first-order chi connectivity index (χ1) is 14.0. The van der Waals surface area contributed by atoms with Crippen molar-refractivity contribution >= 4 is 11.9 Å². The van der Waals surface area contributed by atoms with E-state index < -0.39 is 5.54 Å². The summed E-state index contributed by atoms with van der Waals surface area (Å²) < 4.78 is 11.0. The summed E-state index contributed by atoms with van der Waals surface area (Å²) in [6, 6.07) is 5.62. The molecule has 1 aromatic carbocycles. The fraction of sp³-hybridized carbons (Fsp3) is 0.636. The molecule has 1 N–H and O–H groups in total. The third-order valence-electron chi connectivity index (χ3n) is 6.98. The summed E-state index contributed by atoms with van der Waals surface area (Å²) in [7, 11) is 3.31. The first-order valence-corrected chi connectivity index (χ1v) is 10.6. The van der Waals surface area contributed by atoms with Crippen LogP contribution in [0.4, 0.5) is 4.79 Å². The Hall–Kier alpha value is -2.28. The van der Waals surface area contributed by atoms with Crippen LogP contribution in [0.25, 0.3) is 0 Å². The van der Waals surface area contributed by atoms with Crippen molar-refractivity contribution < 1.29 is 19.1 Å². The highest BCUT2D eigenvalue weighted by Gasteiger charge is 2.55. The molecule has 7 nitrogen and oxygen atoms in total. The third kappa shape index (κ3) is 3.35. The normalized spacial score (nSPS) is 30.1. The number of likely N-dealkylation sites (tertiary alicyclic amines) is 1. The molecule has 0 aromatic heterocycles. The highest BCUT2D eigenvalue weighted by atomic mass is 16.5. The summed E-state index contributed by atoms with van der Waals surface area (Å²) in [5.41, 5.74) is 0.329. The Kier molecular flexibility index (Phi) is 5.42. The molecular formula is C22H31N3O4. The molecular weight excluding hydrogens is 370 g/mol. The van der Waals surface area contributed by atoms with Crippen molar-refractivity contribution in [2.45, 2.75) is 57.0 Å². The lowest BCUT2D eigenvalue weighted by Gasteiger charge is -2.37. The Morgan fingerprint density at radius 1 is 1.14 bits per heavy atom. The zero-order valence-electron chi connectivity index (χ0n) is 17.6. The van der Waals surface area contributed by atoms with Gasteiger partial charge in [0.2, 0.25) is 0 Å². The quantitative estimate of drug-likeness (QED) is 0.767. The van der Waals surface area contributed by atoms with Gasteiger partial charge in [0.25, 0.3) is 5.91 Å². The van der Waals surface area contributed by atoms with Gasteiger partial charge in [-0.25, -0.2) is 9.69 Å². The largest absolute Gasteiger partial charge is 0.497 e. The average Bonchev–Trinajstić information content (AvgIpc) is 3.29. The second-order valence-corrected chi connectivity index (χ2v) is 8.50. The fourth-order valence-corrected chi connectivity index (χ4v) is 5.25. The first-order valence-electron chi connectivity index (χ1n) is 10.6. The maximum absolute atomic E-state index is 13.3. The van der Waals surface area contributed by atoms with Gasteiger partial charge in [-0.15, -0.1) is 0 Å². The van der Waals surface area contributed by atoms with Gasteiger partial charge in [-0.2, -0.15) is 0 Å². The molecule has 1 aliphatic carbocycles. The van der Waals surface area contributed by atoms with E-state index in [1.54, 1.807) is 14.2 Å². The summed E-state index contributed by atoms with van der Waals surface area (Å²) in [5.74, 6) is 1.69. The van der Waals surface area contributed by atoms with Crippen molar-refractivity contribution in [2.24, 2.45) is 5.92 Å². The number of benzene rings is 1. The molecule has 0 radical (unpaired) electrons. The average molecular weight is 402 g/mol. The van der Waals surface area contributed by atoms with Gasteiger partial charge in [0.1, 0.15) is 17.0 Å². The molecule has 0 bridgehead atoms. The Balaban J connectivity index is 1.56. The molecule has 1 aromatic rings. The second-order valence-electron chi connectivity index (χ2n) is 8.50. The van der Waals surface area contributed by atoms with E-state index in [0.29, 0.717) is 6.67 Å². The zero-order chi connectivity index (χ0) is 20.6. The van der Waals surface area contributed by atoms with Gasteiger partial charge in [-0.3, -0.25) is 9.69 Å². The lowest BCUT2D eigenvalue weighted by molar-refractivity contribution is -0.135. The van der Waals surface area contributed by atoms with Crippen LogP contribution in [0.3, 0.4) is 0 Å². The molecule has 3 fully saturated rings. The zero-order valence-corrected chi connectivity index (χ0v) is 17.6. The van der Waals surface area contributed by atoms with Crippen LogP contribution in [0.2, 0.25) is 0 Å². The number of methoxy groups -OCH3 is 2. The van der Waals surface area contributed by atoms with E-state index in [-0.39, 0.29) is 23.9 Å². The second kappa shape index (κ2) is 7.86. The minimum atomic E-state index is -0.710. The summed E-state index contributed by atoms with van der Waals surface area (Å²) in [6.45, 7) is 3.23. The molecule has 4 rings (SSSR count). The molecule has 0 unspecified atom stereocenters. The first kappa shape index (κ1) is 20.0. The van der Waals surface area contributed by atoms with Gasteiger partial charge in [-0.1, -0.05) is 19.8 Å². The molecule has 7 heteroatoms. The maximum atomic E-state index is 13.3. The molecule has 3 atom stereocenters. The van der Waals surface area contributed by atoms with Gasteiger partial charge in [0, 0.05) is 18.2 Å². The summed E-state index contributed by atoms with van der Waals surface area (Å²) >= 11 is 0. The number of nitrogens with one attached hydrogen (secondary N) is 1. The summed E-state index contributed by atoms with van der Waals surface area (Å²) in [5, 5.41) is 3.05. The van der Waals surface area contributed by atoms with Crippen molar-refractivity contribution in [3.8, 4) is 11.5 Å². The van der Waals surface area contributed by atoms with E-state index in [0.717, 1.165) is 62.1 Å². The van der Waals surface area contributed by atoms with Crippen molar-refractivity contribution in [3.63, 3.8) is 0 Å². The number of rotatable bonds is 5. The lowest BCUT2D eigenvalue weighted by atomic mass is 9.73. The van der Waals surface area contributed by atoms with Crippen LogP contribution in [0.5, 0.6) is 11.5 Å². The van der Waals surface area contributed by atoms with Gasteiger partial charge in [-0.05, 0) is 49.8 Å². The lowest BCUT2D eigenvalue weighted by Crippen LogP contribution is -2.54. The number of nitrogens with zero attached hydrogens (tertiary/aromatic N) is 2. The van der Waals surface area contributed by atoms with Crippen LogP contribution < -0.4 is 14.8 Å². The fourth-order valence-electron chi connectivity index (χ4n) is 5.25. The molecule has 1 spiro atoms. The molecule has 158 valence electrons. The Morgan fingerprint density at radius 3 is 2.69 bits per heavy atom. The Labute approximate surface area is 172 Å². The van der Waals surface area contributed by atoms with Crippen LogP contribution in [0.1, 0.15) is 57.1 Å². The number of carbonyl (C=O) groups is 2. The smallest absolute Gasteiger partial charge is 0.326 e. The van der Waals surface area contributed by atoms with Gasteiger partial charge in [0.15, 0.2) is 0 Å². The maximum Gasteiger partial charge on any atom is 0.326 e. The number of amides is 3. The number of ether oxygens (including phenoxy) is 2. The summed E-state index contributed by atoms with van der Waals surface area (Å²) in [4.78, 5) is 29.7. The highest BCUT2D eigenvalue weighted by Crippen LogP contribution is 2.41. The number of carbonyl (C=O) groups excluding carboxylic acids is 2. The highest BCUT2D eigenvalue weighted by molar-refractivity contribution is 6.07. The topological polar surface area (TPSA) is 71.1 Å². The number of urea groups is 1. The van der Waals surface area contributed by atoms with Crippen molar-refractivity contribution in [1.29, 1.82) is 0 Å². The van der Waals surface area contributed by atoms with Crippen LogP contribution in [-0.4, -0.2) is 54.7 Å². The molecule has 3 aliphatic rings. The number of imide groups is 1. The standard InChI is InChI=1S/C22H31N3O4/c1-15-7-4-5-11-22(15)20(26)25(21(27)23-22)14-24-12-6-8-18(24)17-13-16(28-2)9-10-19(17)29-3/h9-10,13,15,18H,4-8,11-12,14H2,1-3H3,(H,23,27)/t15-,18-,22-/m0/s1. The predicted molar refractivity (Wildman–Crippen MR) is 109 cm³/mol. The van der Waals surface area contributed by atoms with Gasteiger partial charge >= 0.3 is 6.03 Å². The molecule has 2 saturated heterocycles. The Morgan fingerprint density at radius 2 is 1.97 bits per heavy atom. The van der Waals surface area contributed by atoms with E-state index in [4.69, 9.17) is 9.47 Å². The minimum absolute atomic E-state index is 0.0574. The predicted octanol–water partition coefficient (Wildman–Crippen LogP) is 3.30. The SMILES string of the molecule is COc1ccc(OC)c([C@@H]2CCCN2CN2C(=O)N[C@]3(CCCC[C@@H]3C)C2=O)c1. The molecule has 2 heterocycles. The van der Waals surface area contributed by atoms with E-state index >= 15 is 0 Å². The van der Waals surface area contributed by atoms with E-state index in [2.05, 4.69) is 17.1 Å². The number of hydrogen-bond acceptors (Lipinski definition) is 5. The van der Waals surface area contributed by atoms with E-state index in [1.165, 1.54) is 4.90 Å². The molecule has 29 heavy (non-hydrogen) atoms. The minimum Gasteiger partial charge on any atom is -0.497 e. The summed E-state index contributed by atoms with van der Waals surface area (Å²) in [6.07, 6.45) is 5.79. The van der Waals surface area contributed by atoms with E-state index in [1.807, 2.05) is 18.2 Å². The monoisotopic (exact) mass is 401 g/mol. The molecule has 3 amide bonds. The van der Waals surface area contributed by atoms with Crippen LogP contribution in [-0.2, 0) is 4.79 Å². The molecule has 2 aliphatic heterocycles.